The number of hydrogen-bond acceptors (Lipinski definition) is 3. The fourth-order valence-corrected chi connectivity index (χ4v) is 2.26. The van der Waals surface area contributed by atoms with Gasteiger partial charge in [0.2, 0.25) is 0 Å². The molecule has 4 nitrogen and oxygen atoms in total. The predicted molar refractivity (Wildman–Crippen MR) is 70.1 cm³/mol. The number of anilines is 1. The minimum atomic E-state index is -0.406. The van der Waals surface area contributed by atoms with Gasteiger partial charge in [-0.1, -0.05) is 6.07 Å². The number of carbonyl (C=O) groups excluding carboxylic acids is 1. The zero-order valence-electron chi connectivity index (χ0n) is 9.63. The summed E-state index contributed by atoms with van der Waals surface area (Å²) in [7, 11) is 0. The number of rotatable bonds is 2. The molecule has 0 radical (unpaired) electrons. The van der Waals surface area contributed by atoms with Crippen LogP contribution in [0.5, 0.6) is 0 Å². The van der Waals surface area contributed by atoms with Crippen LogP contribution >= 0.6 is 15.9 Å². The molecule has 1 aliphatic heterocycles. The number of carbonyl (C=O) groups is 1. The van der Waals surface area contributed by atoms with Gasteiger partial charge in [-0.15, -0.1) is 0 Å². The molecule has 0 bridgehead atoms. The number of aryl methyl sites for hydroxylation is 1. The summed E-state index contributed by atoms with van der Waals surface area (Å²) >= 11 is 3.43. The molecule has 92 valence electrons. The maximum atomic E-state index is 11.9. The highest BCUT2D eigenvalue weighted by Gasteiger charge is 2.22. The summed E-state index contributed by atoms with van der Waals surface area (Å²) in [5.74, 6) is -0.109. The Morgan fingerprint density at radius 3 is 3.06 bits per heavy atom. The summed E-state index contributed by atoms with van der Waals surface area (Å²) in [4.78, 5) is 11.9. The van der Waals surface area contributed by atoms with Crippen LogP contribution < -0.4 is 10.6 Å². The zero-order valence-corrected chi connectivity index (χ0v) is 11.2. The van der Waals surface area contributed by atoms with Gasteiger partial charge in [-0.3, -0.25) is 4.79 Å². The van der Waals surface area contributed by atoms with Gasteiger partial charge in [-0.05, 0) is 40.5 Å². The fourth-order valence-electron chi connectivity index (χ4n) is 1.67. The molecule has 1 heterocycles. The molecule has 0 saturated carbocycles. The van der Waals surface area contributed by atoms with Gasteiger partial charge in [0.25, 0.3) is 5.91 Å². The van der Waals surface area contributed by atoms with E-state index in [1.165, 1.54) is 0 Å². The van der Waals surface area contributed by atoms with Crippen molar-refractivity contribution in [3.05, 3.63) is 28.2 Å². The number of benzene rings is 1. The summed E-state index contributed by atoms with van der Waals surface area (Å²) in [6.45, 7) is 3.95. The van der Waals surface area contributed by atoms with Crippen LogP contribution in [0, 0.1) is 6.92 Å². The molecule has 1 aliphatic rings. The van der Waals surface area contributed by atoms with E-state index in [2.05, 4.69) is 26.6 Å². The van der Waals surface area contributed by atoms with Crippen molar-refractivity contribution in [1.82, 2.24) is 5.32 Å². The molecule has 0 aromatic heterocycles. The third-order valence-corrected chi connectivity index (χ3v) is 3.26. The molecule has 5 heteroatoms. The highest BCUT2D eigenvalue weighted by atomic mass is 79.9. The van der Waals surface area contributed by atoms with Crippen molar-refractivity contribution < 1.29 is 9.53 Å². The first-order chi connectivity index (χ1) is 8.16. The van der Waals surface area contributed by atoms with Crippen LogP contribution in [0.3, 0.4) is 0 Å². The lowest BCUT2D eigenvalue weighted by Gasteiger charge is -2.23. The second-order valence-electron chi connectivity index (χ2n) is 4.04. The fraction of sp³-hybridized carbons (Fsp3) is 0.417. The molecule has 2 rings (SSSR count). The number of morpholine rings is 1. The molecule has 0 aliphatic carbocycles. The van der Waals surface area contributed by atoms with E-state index in [0.29, 0.717) is 13.2 Å². The number of ether oxygens (including phenoxy) is 1. The van der Waals surface area contributed by atoms with Crippen LogP contribution in [0.25, 0.3) is 0 Å². The molecule has 17 heavy (non-hydrogen) atoms. The van der Waals surface area contributed by atoms with E-state index in [1.807, 2.05) is 25.1 Å². The topological polar surface area (TPSA) is 50.4 Å². The van der Waals surface area contributed by atoms with Crippen molar-refractivity contribution in [3.63, 3.8) is 0 Å². The lowest BCUT2D eigenvalue weighted by Crippen LogP contribution is -2.45. The normalized spacial score (nSPS) is 20.0. The summed E-state index contributed by atoms with van der Waals surface area (Å²) < 4.78 is 6.27. The number of amides is 1. The molecule has 1 unspecified atom stereocenters. The van der Waals surface area contributed by atoms with E-state index < -0.39 is 6.10 Å². The maximum Gasteiger partial charge on any atom is 0.254 e. The van der Waals surface area contributed by atoms with Gasteiger partial charge in [-0.25, -0.2) is 0 Å². The summed E-state index contributed by atoms with van der Waals surface area (Å²) in [6.07, 6.45) is -0.406. The standard InChI is InChI=1S/C12H15BrN2O2/c1-8-2-3-10(9(13)6-8)15-12(16)11-7-14-4-5-17-11/h2-3,6,11,14H,4-5,7H2,1H3,(H,15,16). The van der Waals surface area contributed by atoms with E-state index in [0.717, 1.165) is 22.3 Å². The summed E-state index contributed by atoms with van der Waals surface area (Å²) in [5.41, 5.74) is 1.92. The van der Waals surface area contributed by atoms with Crippen LogP contribution in [-0.2, 0) is 9.53 Å². The quantitative estimate of drug-likeness (QED) is 0.873. The van der Waals surface area contributed by atoms with Crippen LogP contribution in [-0.4, -0.2) is 31.7 Å². The van der Waals surface area contributed by atoms with Crippen molar-refractivity contribution in [3.8, 4) is 0 Å². The Bertz CT molecular complexity index is 417. The molecule has 0 spiro atoms. The van der Waals surface area contributed by atoms with Crippen LogP contribution in [0.2, 0.25) is 0 Å². The van der Waals surface area contributed by atoms with Crippen molar-refractivity contribution >= 4 is 27.5 Å². The van der Waals surface area contributed by atoms with Gasteiger partial charge in [0.15, 0.2) is 0 Å². The van der Waals surface area contributed by atoms with E-state index in [-0.39, 0.29) is 5.91 Å². The minimum Gasteiger partial charge on any atom is -0.366 e. The lowest BCUT2D eigenvalue weighted by molar-refractivity contribution is -0.128. The molecule has 1 amide bonds. The van der Waals surface area contributed by atoms with Crippen molar-refractivity contribution in [2.75, 3.05) is 25.0 Å². The smallest absolute Gasteiger partial charge is 0.254 e. The Labute approximate surface area is 109 Å². The SMILES string of the molecule is Cc1ccc(NC(=O)C2CNCCO2)c(Br)c1. The molecule has 1 aromatic carbocycles. The molecule has 1 fully saturated rings. The minimum absolute atomic E-state index is 0.109. The highest BCUT2D eigenvalue weighted by Crippen LogP contribution is 2.23. The second-order valence-corrected chi connectivity index (χ2v) is 4.89. The first-order valence-electron chi connectivity index (χ1n) is 5.56. The van der Waals surface area contributed by atoms with E-state index >= 15 is 0 Å². The summed E-state index contributed by atoms with van der Waals surface area (Å²) in [6, 6.07) is 5.81. The Morgan fingerprint density at radius 1 is 1.59 bits per heavy atom. The predicted octanol–water partition coefficient (Wildman–Crippen LogP) is 1.68. The third-order valence-electron chi connectivity index (χ3n) is 2.60. The first-order valence-corrected chi connectivity index (χ1v) is 6.35. The van der Waals surface area contributed by atoms with Crippen molar-refractivity contribution in [1.29, 1.82) is 0 Å². The van der Waals surface area contributed by atoms with Crippen LogP contribution in [0.15, 0.2) is 22.7 Å². The average molecular weight is 299 g/mol. The Hall–Kier alpha value is -0.910. The van der Waals surface area contributed by atoms with Crippen molar-refractivity contribution in [2.24, 2.45) is 0 Å². The lowest BCUT2D eigenvalue weighted by atomic mass is 10.2. The maximum absolute atomic E-state index is 11.9. The van der Waals surface area contributed by atoms with E-state index in [1.54, 1.807) is 0 Å². The number of hydrogen-bond donors (Lipinski definition) is 2. The highest BCUT2D eigenvalue weighted by molar-refractivity contribution is 9.10. The molecule has 1 saturated heterocycles. The molecule has 1 atom stereocenters. The Balaban J connectivity index is 2.02. The van der Waals surface area contributed by atoms with Crippen LogP contribution in [0.1, 0.15) is 5.56 Å². The van der Waals surface area contributed by atoms with Crippen LogP contribution in [0.4, 0.5) is 5.69 Å². The average Bonchev–Trinajstić information content (AvgIpc) is 2.34. The van der Waals surface area contributed by atoms with Crippen molar-refractivity contribution in [2.45, 2.75) is 13.0 Å². The Kier molecular flexibility index (Phi) is 4.15. The number of halogens is 1. The van der Waals surface area contributed by atoms with E-state index in [4.69, 9.17) is 4.74 Å². The van der Waals surface area contributed by atoms with Gasteiger partial charge >= 0.3 is 0 Å². The Morgan fingerprint density at radius 2 is 2.41 bits per heavy atom. The van der Waals surface area contributed by atoms with Gasteiger partial charge in [-0.2, -0.15) is 0 Å². The monoisotopic (exact) mass is 298 g/mol. The largest absolute Gasteiger partial charge is 0.366 e. The van der Waals surface area contributed by atoms with Gasteiger partial charge < -0.3 is 15.4 Å². The molecule has 2 N–H and O–H groups in total. The third kappa shape index (κ3) is 3.28. The van der Waals surface area contributed by atoms with Gasteiger partial charge in [0, 0.05) is 17.6 Å². The van der Waals surface area contributed by atoms with Gasteiger partial charge in [0.1, 0.15) is 6.10 Å². The van der Waals surface area contributed by atoms with Gasteiger partial charge in [0.05, 0.1) is 12.3 Å². The molecular weight excluding hydrogens is 284 g/mol. The summed E-state index contributed by atoms with van der Waals surface area (Å²) in [5, 5.41) is 5.98. The van der Waals surface area contributed by atoms with E-state index in [9.17, 15) is 4.79 Å². The number of nitrogens with one attached hydrogen (secondary N) is 2. The zero-order chi connectivity index (χ0) is 12.3. The molecule has 1 aromatic rings. The first kappa shape index (κ1) is 12.5. The second kappa shape index (κ2) is 5.62. The molecular formula is C12H15BrN2O2.